The van der Waals surface area contributed by atoms with Gasteiger partial charge < -0.3 is 14.5 Å². The molecule has 0 saturated heterocycles. The van der Waals surface area contributed by atoms with Crippen molar-refractivity contribution in [2.24, 2.45) is 0 Å². The average Bonchev–Trinajstić information content (AvgIpc) is 3.41. The molecule has 1 amide bonds. The Labute approximate surface area is 206 Å². The monoisotopic (exact) mass is 494 g/mol. The highest BCUT2D eigenvalue weighted by molar-refractivity contribution is 8.00. The third-order valence-electron chi connectivity index (χ3n) is 5.57. The number of nitrogens with one attached hydrogen (secondary N) is 1. The summed E-state index contributed by atoms with van der Waals surface area (Å²) in [6.45, 7) is 0.519. The molecule has 1 N–H and O–H groups in total. The first-order valence-corrected chi connectivity index (χ1v) is 12.2. The lowest BCUT2D eigenvalue weighted by molar-refractivity contribution is -0.115. The van der Waals surface area contributed by atoms with Crippen molar-refractivity contribution in [2.45, 2.75) is 35.7 Å². The van der Waals surface area contributed by atoms with Crippen LogP contribution in [0.2, 0.25) is 5.02 Å². The summed E-state index contributed by atoms with van der Waals surface area (Å²) in [4.78, 5) is 13.5. The number of benzene rings is 2. The molecule has 1 aliphatic carbocycles. The Morgan fingerprint density at radius 1 is 1.21 bits per heavy atom. The Morgan fingerprint density at radius 2 is 2.03 bits per heavy atom. The van der Waals surface area contributed by atoms with Crippen LogP contribution in [0.4, 0.5) is 5.69 Å². The summed E-state index contributed by atoms with van der Waals surface area (Å²) in [7, 11) is 1.55. The second-order valence-corrected chi connectivity index (χ2v) is 9.51. The zero-order valence-corrected chi connectivity index (χ0v) is 20.1. The van der Waals surface area contributed by atoms with Gasteiger partial charge in [-0.05, 0) is 48.7 Å². The third kappa shape index (κ3) is 4.98. The molecular weight excluding hydrogens is 472 g/mol. The van der Waals surface area contributed by atoms with Gasteiger partial charge in [0, 0.05) is 11.6 Å². The van der Waals surface area contributed by atoms with Crippen LogP contribution >= 0.6 is 23.4 Å². The van der Waals surface area contributed by atoms with Crippen LogP contribution in [0.3, 0.4) is 0 Å². The predicted octanol–water partition coefficient (Wildman–Crippen LogP) is 5.93. The number of thioether (sulfide) groups is 1. The van der Waals surface area contributed by atoms with Crippen molar-refractivity contribution >= 4 is 35.0 Å². The van der Waals surface area contributed by atoms with E-state index in [9.17, 15) is 4.79 Å². The number of furan rings is 1. The van der Waals surface area contributed by atoms with Crippen LogP contribution < -0.4 is 10.1 Å². The van der Waals surface area contributed by atoms with Gasteiger partial charge in [-0.15, -0.1) is 10.2 Å². The minimum absolute atomic E-state index is 0.182. The fraction of sp³-hybridized carbons (Fsp3) is 0.240. The number of aromatic nitrogens is 3. The summed E-state index contributed by atoms with van der Waals surface area (Å²) < 4.78 is 12.8. The van der Waals surface area contributed by atoms with Gasteiger partial charge in [-0.3, -0.25) is 9.36 Å². The molecular formula is C25H23ClN4O3S. The number of amides is 1. The fourth-order valence-corrected chi connectivity index (χ4v) is 5.00. The number of nitrogens with zero attached hydrogens (tertiary/aromatic N) is 3. The largest absolute Gasteiger partial charge is 0.495 e. The van der Waals surface area contributed by atoms with Crippen LogP contribution in [0, 0.1) is 0 Å². The number of rotatable bonds is 9. The van der Waals surface area contributed by atoms with E-state index in [-0.39, 0.29) is 5.91 Å². The average molecular weight is 495 g/mol. The van der Waals surface area contributed by atoms with Crippen LogP contribution in [0.25, 0.3) is 0 Å². The van der Waals surface area contributed by atoms with Crippen molar-refractivity contribution in [2.75, 3.05) is 12.4 Å². The minimum atomic E-state index is -0.548. The lowest BCUT2D eigenvalue weighted by atomic mass is 10.1. The summed E-state index contributed by atoms with van der Waals surface area (Å²) in [6, 6.07) is 18.6. The number of carbonyl (C=O) groups excluding carboxylic acids is 1. The van der Waals surface area contributed by atoms with Crippen LogP contribution in [-0.2, 0) is 11.3 Å². The summed E-state index contributed by atoms with van der Waals surface area (Å²) in [6.07, 6.45) is 3.85. The van der Waals surface area contributed by atoms with Gasteiger partial charge >= 0.3 is 0 Å². The molecule has 174 valence electrons. The van der Waals surface area contributed by atoms with Crippen LogP contribution in [0.1, 0.15) is 41.2 Å². The van der Waals surface area contributed by atoms with Gasteiger partial charge in [-0.1, -0.05) is 53.7 Å². The molecule has 7 nitrogen and oxygen atoms in total. The quantitative estimate of drug-likeness (QED) is 0.290. The van der Waals surface area contributed by atoms with Crippen molar-refractivity contribution in [1.29, 1.82) is 0 Å². The zero-order valence-electron chi connectivity index (χ0n) is 18.5. The summed E-state index contributed by atoms with van der Waals surface area (Å²) in [5.41, 5.74) is 1.46. The zero-order chi connectivity index (χ0) is 23.5. The van der Waals surface area contributed by atoms with Gasteiger partial charge in [-0.2, -0.15) is 0 Å². The van der Waals surface area contributed by atoms with E-state index in [0.717, 1.165) is 30.0 Å². The molecule has 4 aromatic rings. The maximum absolute atomic E-state index is 13.5. The van der Waals surface area contributed by atoms with E-state index in [4.69, 9.17) is 20.8 Å². The highest BCUT2D eigenvalue weighted by atomic mass is 35.5. The molecule has 34 heavy (non-hydrogen) atoms. The highest BCUT2D eigenvalue weighted by Crippen LogP contribution is 2.42. The summed E-state index contributed by atoms with van der Waals surface area (Å²) in [5.74, 6) is 2.53. The molecule has 2 aromatic carbocycles. The maximum atomic E-state index is 13.5. The van der Waals surface area contributed by atoms with E-state index in [0.29, 0.717) is 34.1 Å². The molecule has 1 fully saturated rings. The molecule has 1 unspecified atom stereocenters. The van der Waals surface area contributed by atoms with Crippen LogP contribution in [0.5, 0.6) is 5.75 Å². The van der Waals surface area contributed by atoms with Gasteiger partial charge in [0.25, 0.3) is 0 Å². The molecule has 1 atom stereocenters. The standard InChI is InChI=1S/C25H23ClN4O3S/c1-32-21-12-11-18(14-20(21)26)27-24(31)22(16-6-3-2-4-7-16)34-25-29-28-23(17-9-10-17)30(25)15-19-8-5-13-33-19/h2-8,11-14,17,22H,9-10,15H2,1H3,(H,27,31). The number of hydrogen-bond acceptors (Lipinski definition) is 6. The molecule has 0 radical (unpaired) electrons. The van der Waals surface area contributed by atoms with E-state index in [1.165, 1.54) is 11.8 Å². The molecule has 2 heterocycles. The van der Waals surface area contributed by atoms with Gasteiger partial charge in [-0.25, -0.2) is 0 Å². The second-order valence-electron chi connectivity index (χ2n) is 8.03. The van der Waals surface area contributed by atoms with Gasteiger partial charge in [0.2, 0.25) is 5.91 Å². The Balaban J connectivity index is 1.44. The van der Waals surface area contributed by atoms with Gasteiger partial charge in [0.1, 0.15) is 22.6 Å². The predicted molar refractivity (Wildman–Crippen MR) is 131 cm³/mol. The first kappa shape index (κ1) is 22.6. The molecule has 0 aliphatic heterocycles. The minimum Gasteiger partial charge on any atom is -0.495 e. The number of anilines is 1. The van der Waals surface area contributed by atoms with Crippen molar-refractivity contribution < 1.29 is 13.9 Å². The normalized spacial score (nSPS) is 14.1. The highest BCUT2D eigenvalue weighted by Gasteiger charge is 2.32. The summed E-state index contributed by atoms with van der Waals surface area (Å²) >= 11 is 7.63. The van der Waals surface area contributed by atoms with Crippen molar-refractivity contribution in [3.63, 3.8) is 0 Å². The molecule has 5 rings (SSSR count). The molecule has 0 spiro atoms. The molecule has 0 bridgehead atoms. The molecule has 9 heteroatoms. The Hall–Kier alpha value is -3.23. The number of ether oxygens (including phenoxy) is 1. The summed E-state index contributed by atoms with van der Waals surface area (Å²) in [5, 5.41) is 12.5. The lowest BCUT2D eigenvalue weighted by Gasteiger charge is -2.18. The Morgan fingerprint density at radius 3 is 2.71 bits per heavy atom. The third-order valence-corrected chi connectivity index (χ3v) is 7.10. The van der Waals surface area contributed by atoms with E-state index in [1.807, 2.05) is 42.5 Å². The Kier molecular flexibility index (Phi) is 6.60. The SMILES string of the molecule is COc1ccc(NC(=O)C(Sc2nnc(C3CC3)n2Cc2ccco2)c2ccccc2)cc1Cl. The molecule has 1 aliphatic rings. The van der Waals surface area contributed by atoms with Gasteiger partial charge in [0.15, 0.2) is 5.16 Å². The lowest BCUT2D eigenvalue weighted by Crippen LogP contribution is -2.20. The van der Waals surface area contributed by atoms with Crippen LogP contribution in [0.15, 0.2) is 76.5 Å². The maximum Gasteiger partial charge on any atom is 0.242 e. The topological polar surface area (TPSA) is 82.2 Å². The molecule has 2 aromatic heterocycles. The number of methoxy groups -OCH3 is 1. The second kappa shape index (κ2) is 9.95. The number of carbonyl (C=O) groups is 1. The smallest absolute Gasteiger partial charge is 0.242 e. The molecule has 1 saturated carbocycles. The number of hydrogen-bond donors (Lipinski definition) is 1. The van der Waals surface area contributed by atoms with E-state index < -0.39 is 5.25 Å². The number of halogens is 1. The van der Waals surface area contributed by atoms with Crippen molar-refractivity contribution in [3.05, 3.63) is 89.1 Å². The van der Waals surface area contributed by atoms with Crippen molar-refractivity contribution in [3.8, 4) is 5.75 Å². The van der Waals surface area contributed by atoms with E-state index >= 15 is 0 Å². The van der Waals surface area contributed by atoms with E-state index in [1.54, 1.807) is 31.6 Å². The fourth-order valence-electron chi connectivity index (χ4n) is 3.70. The van der Waals surface area contributed by atoms with Crippen LogP contribution in [-0.4, -0.2) is 27.8 Å². The first-order chi connectivity index (χ1) is 16.6. The van der Waals surface area contributed by atoms with Crippen molar-refractivity contribution in [1.82, 2.24) is 14.8 Å². The van der Waals surface area contributed by atoms with E-state index in [2.05, 4.69) is 20.1 Å². The first-order valence-electron chi connectivity index (χ1n) is 10.9. The van der Waals surface area contributed by atoms with Gasteiger partial charge in [0.05, 0.1) is 24.9 Å². The Bertz CT molecular complexity index is 1270.